The Balaban J connectivity index is 2.02. The molecule has 100 valence electrons. The SMILES string of the molecule is CCN(Cc1cnccc1C)C1CCCNCC1. The van der Waals surface area contributed by atoms with Gasteiger partial charge in [-0.25, -0.2) is 0 Å². The Labute approximate surface area is 111 Å². The minimum Gasteiger partial charge on any atom is -0.317 e. The lowest BCUT2D eigenvalue weighted by molar-refractivity contribution is 0.182. The number of hydrogen-bond donors (Lipinski definition) is 1. The Morgan fingerprint density at radius 1 is 1.39 bits per heavy atom. The van der Waals surface area contributed by atoms with Crippen molar-refractivity contribution in [1.82, 2.24) is 15.2 Å². The highest BCUT2D eigenvalue weighted by atomic mass is 15.2. The number of rotatable bonds is 4. The summed E-state index contributed by atoms with van der Waals surface area (Å²) < 4.78 is 0. The van der Waals surface area contributed by atoms with Crippen LogP contribution in [0.4, 0.5) is 0 Å². The van der Waals surface area contributed by atoms with Gasteiger partial charge in [0, 0.05) is 25.0 Å². The molecule has 0 amide bonds. The lowest BCUT2D eigenvalue weighted by Crippen LogP contribution is -2.35. The maximum atomic E-state index is 4.26. The van der Waals surface area contributed by atoms with Crippen LogP contribution < -0.4 is 5.32 Å². The summed E-state index contributed by atoms with van der Waals surface area (Å²) in [6.45, 7) is 8.95. The van der Waals surface area contributed by atoms with Gasteiger partial charge >= 0.3 is 0 Å². The Morgan fingerprint density at radius 2 is 2.28 bits per heavy atom. The minimum atomic E-state index is 0.726. The maximum absolute atomic E-state index is 4.26. The molecule has 3 nitrogen and oxygen atoms in total. The normalized spacial score (nSPS) is 20.9. The molecule has 1 aromatic heterocycles. The number of pyridine rings is 1. The average Bonchev–Trinajstić information content (AvgIpc) is 2.67. The monoisotopic (exact) mass is 247 g/mol. The number of nitrogens with one attached hydrogen (secondary N) is 1. The van der Waals surface area contributed by atoms with Crippen LogP contribution in [-0.2, 0) is 6.54 Å². The molecular formula is C15H25N3. The van der Waals surface area contributed by atoms with Crippen molar-refractivity contribution in [2.24, 2.45) is 0 Å². The van der Waals surface area contributed by atoms with Gasteiger partial charge in [0.1, 0.15) is 0 Å². The zero-order valence-corrected chi connectivity index (χ0v) is 11.7. The summed E-state index contributed by atoms with van der Waals surface area (Å²) in [6.07, 6.45) is 7.79. The van der Waals surface area contributed by atoms with Gasteiger partial charge in [-0.15, -0.1) is 0 Å². The van der Waals surface area contributed by atoms with Gasteiger partial charge in [0.2, 0.25) is 0 Å². The van der Waals surface area contributed by atoms with Crippen molar-refractivity contribution < 1.29 is 0 Å². The van der Waals surface area contributed by atoms with Gasteiger partial charge in [-0.1, -0.05) is 6.92 Å². The van der Waals surface area contributed by atoms with Gasteiger partial charge in [-0.3, -0.25) is 9.88 Å². The standard InChI is InChI=1S/C15H25N3/c1-3-18(15-5-4-8-16-10-7-15)12-14-11-17-9-6-13(14)2/h6,9,11,15-16H,3-5,7-8,10,12H2,1-2H3. The number of nitrogens with zero attached hydrogens (tertiary/aromatic N) is 2. The fourth-order valence-electron chi connectivity index (χ4n) is 2.75. The number of aromatic nitrogens is 1. The molecule has 18 heavy (non-hydrogen) atoms. The molecule has 0 aliphatic carbocycles. The molecule has 2 heterocycles. The quantitative estimate of drug-likeness (QED) is 0.885. The first-order valence-corrected chi connectivity index (χ1v) is 7.15. The van der Waals surface area contributed by atoms with Crippen LogP contribution in [0.5, 0.6) is 0 Å². The highest BCUT2D eigenvalue weighted by Crippen LogP contribution is 2.17. The van der Waals surface area contributed by atoms with Gasteiger partial charge in [0.25, 0.3) is 0 Å². The van der Waals surface area contributed by atoms with Crippen molar-refractivity contribution in [2.75, 3.05) is 19.6 Å². The average molecular weight is 247 g/mol. The smallest absolute Gasteiger partial charge is 0.0315 e. The zero-order chi connectivity index (χ0) is 12.8. The summed E-state index contributed by atoms with van der Waals surface area (Å²) in [4.78, 5) is 6.87. The maximum Gasteiger partial charge on any atom is 0.0315 e. The van der Waals surface area contributed by atoms with Crippen LogP contribution in [0.3, 0.4) is 0 Å². The number of aryl methyl sites for hydroxylation is 1. The van der Waals surface area contributed by atoms with Crippen LogP contribution in [0.2, 0.25) is 0 Å². The van der Waals surface area contributed by atoms with E-state index >= 15 is 0 Å². The van der Waals surface area contributed by atoms with Gasteiger partial charge in [0.15, 0.2) is 0 Å². The third-order valence-electron chi connectivity index (χ3n) is 3.99. The molecule has 3 heteroatoms. The van der Waals surface area contributed by atoms with E-state index in [2.05, 4.69) is 35.1 Å². The van der Waals surface area contributed by atoms with Crippen molar-refractivity contribution in [3.63, 3.8) is 0 Å². The molecule has 1 aliphatic heterocycles. The van der Waals surface area contributed by atoms with E-state index in [1.807, 2.05) is 12.4 Å². The van der Waals surface area contributed by atoms with Gasteiger partial charge < -0.3 is 5.32 Å². The Bertz CT molecular complexity index is 357. The summed E-state index contributed by atoms with van der Waals surface area (Å²) in [5, 5.41) is 3.49. The van der Waals surface area contributed by atoms with Crippen molar-refractivity contribution >= 4 is 0 Å². The first-order chi connectivity index (χ1) is 8.81. The summed E-state index contributed by atoms with van der Waals surface area (Å²) in [5.41, 5.74) is 2.73. The Hall–Kier alpha value is -0.930. The Morgan fingerprint density at radius 3 is 3.06 bits per heavy atom. The summed E-state index contributed by atoms with van der Waals surface area (Å²) in [6, 6.07) is 2.84. The molecule has 1 aromatic rings. The van der Waals surface area contributed by atoms with Crippen LogP contribution in [0.1, 0.15) is 37.3 Å². The third-order valence-corrected chi connectivity index (χ3v) is 3.99. The van der Waals surface area contributed by atoms with E-state index in [4.69, 9.17) is 0 Å². The lowest BCUT2D eigenvalue weighted by Gasteiger charge is -2.30. The Kier molecular flexibility index (Phi) is 5.14. The van der Waals surface area contributed by atoms with Crippen LogP contribution in [0, 0.1) is 6.92 Å². The molecule has 0 saturated carbocycles. The second kappa shape index (κ2) is 6.86. The van der Waals surface area contributed by atoms with E-state index in [9.17, 15) is 0 Å². The lowest BCUT2D eigenvalue weighted by atomic mass is 10.1. The minimum absolute atomic E-state index is 0.726. The van der Waals surface area contributed by atoms with Crippen molar-refractivity contribution in [3.05, 3.63) is 29.6 Å². The molecule has 1 N–H and O–H groups in total. The second-order valence-electron chi connectivity index (χ2n) is 5.20. The molecule has 1 fully saturated rings. The van der Waals surface area contributed by atoms with Crippen molar-refractivity contribution in [2.45, 2.75) is 45.7 Å². The first-order valence-electron chi connectivity index (χ1n) is 7.15. The highest BCUT2D eigenvalue weighted by molar-refractivity contribution is 5.21. The molecule has 2 rings (SSSR count). The molecule has 1 aliphatic rings. The van der Waals surface area contributed by atoms with E-state index in [1.54, 1.807) is 0 Å². The fraction of sp³-hybridized carbons (Fsp3) is 0.667. The largest absolute Gasteiger partial charge is 0.317 e. The molecule has 1 unspecified atom stereocenters. The van der Waals surface area contributed by atoms with Crippen LogP contribution in [0.25, 0.3) is 0 Å². The predicted octanol–water partition coefficient (Wildman–Crippen LogP) is 2.35. The van der Waals surface area contributed by atoms with Gasteiger partial charge in [-0.2, -0.15) is 0 Å². The van der Waals surface area contributed by atoms with E-state index in [-0.39, 0.29) is 0 Å². The predicted molar refractivity (Wildman–Crippen MR) is 75.6 cm³/mol. The molecule has 0 spiro atoms. The molecule has 0 radical (unpaired) electrons. The highest BCUT2D eigenvalue weighted by Gasteiger charge is 2.19. The zero-order valence-electron chi connectivity index (χ0n) is 11.7. The summed E-state index contributed by atoms with van der Waals surface area (Å²) in [7, 11) is 0. The molecular weight excluding hydrogens is 222 g/mol. The molecule has 0 bridgehead atoms. The van der Waals surface area contributed by atoms with Gasteiger partial charge in [0.05, 0.1) is 0 Å². The van der Waals surface area contributed by atoms with Gasteiger partial charge in [-0.05, 0) is 63.0 Å². The van der Waals surface area contributed by atoms with Crippen molar-refractivity contribution in [1.29, 1.82) is 0 Å². The molecule has 0 aromatic carbocycles. The van der Waals surface area contributed by atoms with E-state index in [0.717, 1.165) is 25.7 Å². The molecule has 1 saturated heterocycles. The van der Waals surface area contributed by atoms with E-state index in [0.29, 0.717) is 0 Å². The van der Waals surface area contributed by atoms with Crippen LogP contribution >= 0.6 is 0 Å². The van der Waals surface area contributed by atoms with Crippen LogP contribution in [-0.4, -0.2) is 35.6 Å². The second-order valence-corrected chi connectivity index (χ2v) is 5.20. The van der Waals surface area contributed by atoms with Crippen LogP contribution in [0.15, 0.2) is 18.5 Å². The third kappa shape index (κ3) is 3.53. The van der Waals surface area contributed by atoms with Crippen molar-refractivity contribution in [3.8, 4) is 0 Å². The van der Waals surface area contributed by atoms with E-state index < -0.39 is 0 Å². The number of hydrogen-bond acceptors (Lipinski definition) is 3. The summed E-state index contributed by atoms with van der Waals surface area (Å²) >= 11 is 0. The summed E-state index contributed by atoms with van der Waals surface area (Å²) in [5.74, 6) is 0. The van der Waals surface area contributed by atoms with E-state index in [1.165, 1.54) is 36.9 Å². The topological polar surface area (TPSA) is 28.2 Å². The first kappa shape index (κ1) is 13.5. The molecule has 1 atom stereocenters. The fourth-order valence-corrected chi connectivity index (χ4v) is 2.75.